The Morgan fingerprint density at radius 3 is 2.56 bits per heavy atom. The zero-order valence-corrected chi connectivity index (χ0v) is 17.9. The summed E-state index contributed by atoms with van der Waals surface area (Å²) in [7, 11) is -2.35. The number of alkyl halides is 3. The minimum atomic E-state index is -4.61. The molecule has 4 rings (SSSR count). The molecular weight excluding hydrogens is 449 g/mol. The Balaban J connectivity index is 2.06. The number of sulfone groups is 1. The summed E-state index contributed by atoms with van der Waals surface area (Å²) in [5.74, 6) is -0.607. The number of hydrogen-bond acceptors (Lipinski definition) is 6. The molecule has 0 unspecified atom stereocenters. The molecule has 0 aliphatic carbocycles. The summed E-state index contributed by atoms with van der Waals surface area (Å²) in [5, 5.41) is 2.41. The highest BCUT2D eigenvalue weighted by molar-refractivity contribution is 7.91. The summed E-state index contributed by atoms with van der Waals surface area (Å²) >= 11 is 0. The second kappa shape index (κ2) is 7.29. The molecule has 0 saturated carbocycles. The number of nitrogens with one attached hydrogen (secondary N) is 1. The van der Waals surface area contributed by atoms with Gasteiger partial charge in [0, 0.05) is 26.4 Å². The van der Waals surface area contributed by atoms with Crippen molar-refractivity contribution < 1.29 is 26.4 Å². The van der Waals surface area contributed by atoms with Crippen molar-refractivity contribution >= 4 is 38.2 Å². The highest BCUT2D eigenvalue weighted by Gasteiger charge is 2.33. The molecule has 4 aromatic heterocycles. The third kappa shape index (κ3) is 3.47. The van der Waals surface area contributed by atoms with E-state index in [4.69, 9.17) is 0 Å². The predicted molar refractivity (Wildman–Crippen MR) is 110 cm³/mol. The van der Waals surface area contributed by atoms with E-state index in [0.717, 1.165) is 6.07 Å². The number of aryl methyl sites for hydroxylation is 1. The minimum absolute atomic E-state index is 0.0244. The van der Waals surface area contributed by atoms with E-state index in [0.29, 0.717) is 6.20 Å². The quantitative estimate of drug-likeness (QED) is 0.495. The number of carbonyl (C=O) groups excluding carboxylic acids is 1. The Labute approximate surface area is 179 Å². The number of fused-ring (bicyclic) bond motifs is 2. The Morgan fingerprint density at radius 2 is 1.94 bits per heavy atom. The maximum atomic E-state index is 13.1. The van der Waals surface area contributed by atoms with Crippen LogP contribution in [0.2, 0.25) is 0 Å². The first-order valence-corrected chi connectivity index (χ1v) is 11.0. The normalized spacial score (nSPS) is 12.6. The molecule has 0 aromatic carbocycles. The minimum Gasteiger partial charge on any atom is -0.323 e. The fourth-order valence-corrected chi connectivity index (χ4v) is 4.51. The highest BCUT2D eigenvalue weighted by Crippen LogP contribution is 2.34. The smallest absolute Gasteiger partial charge is 0.323 e. The average Bonchev–Trinajstić information content (AvgIpc) is 3.26. The molecule has 0 spiro atoms. The first-order chi connectivity index (χ1) is 14.9. The summed E-state index contributed by atoms with van der Waals surface area (Å²) in [5.41, 5.74) is -0.531. The average molecular weight is 466 g/mol. The topological polar surface area (TPSA) is 111 Å². The molecule has 0 radical (unpaired) electrons. The van der Waals surface area contributed by atoms with Crippen LogP contribution in [-0.2, 0) is 27.9 Å². The van der Waals surface area contributed by atoms with Crippen molar-refractivity contribution in [1.82, 2.24) is 23.9 Å². The number of nitrogens with zero attached hydrogens (tertiary/aromatic N) is 5. The lowest BCUT2D eigenvalue weighted by Crippen LogP contribution is -2.10. The van der Waals surface area contributed by atoms with Gasteiger partial charge in [0.25, 0.3) is 0 Å². The van der Waals surface area contributed by atoms with Crippen molar-refractivity contribution in [3.8, 4) is 11.5 Å². The summed E-state index contributed by atoms with van der Waals surface area (Å²) in [4.78, 5) is 24.1. The van der Waals surface area contributed by atoms with Gasteiger partial charge in [-0.1, -0.05) is 6.92 Å². The Kier molecular flexibility index (Phi) is 4.95. The van der Waals surface area contributed by atoms with Gasteiger partial charge >= 0.3 is 6.18 Å². The standard InChI is InChI=1S/C19H17F3N6O3S/c1-4-32(30,31)18-14(26-16-12(24-10(2)29)6-5-7-28(16)18)17-25-13-8-11(19(20,21)22)9-23-15(13)27(17)3/h5-9H,4H2,1-3H3,(H,24,29). The van der Waals surface area contributed by atoms with Crippen LogP contribution in [0.25, 0.3) is 28.3 Å². The van der Waals surface area contributed by atoms with E-state index in [1.165, 1.54) is 36.1 Å². The van der Waals surface area contributed by atoms with E-state index in [-0.39, 0.29) is 50.7 Å². The Bertz CT molecular complexity index is 1490. The number of halogens is 3. The molecule has 0 atom stereocenters. The lowest BCUT2D eigenvalue weighted by molar-refractivity contribution is -0.137. The van der Waals surface area contributed by atoms with Crippen LogP contribution >= 0.6 is 0 Å². The van der Waals surface area contributed by atoms with Gasteiger partial charge in [0.1, 0.15) is 11.2 Å². The van der Waals surface area contributed by atoms with Crippen molar-refractivity contribution in [2.24, 2.45) is 7.05 Å². The van der Waals surface area contributed by atoms with E-state index in [2.05, 4.69) is 20.3 Å². The molecular formula is C19H17F3N6O3S. The van der Waals surface area contributed by atoms with Crippen LogP contribution in [0.15, 0.2) is 35.6 Å². The van der Waals surface area contributed by atoms with E-state index >= 15 is 0 Å². The first-order valence-electron chi connectivity index (χ1n) is 9.35. The zero-order valence-electron chi connectivity index (χ0n) is 17.1. The van der Waals surface area contributed by atoms with Gasteiger partial charge in [-0.2, -0.15) is 13.2 Å². The molecule has 1 amide bonds. The number of anilines is 1. The molecule has 0 aliphatic rings. The fraction of sp³-hybridized carbons (Fsp3) is 0.263. The van der Waals surface area contributed by atoms with Crippen LogP contribution in [0.3, 0.4) is 0 Å². The van der Waals surface area contributed by atoms with Gasteiger partial charge in [-0.15, -0.1) is 0 Å². The second-order valence-electron chi connectivity index (χ2n) is 7.02. The van der Waals surface area contributed by atoms with E-state index in [1.807, 2.05) is 0 Å². The summed E-state index contributed by atoms with van der Waals surface area (Å²) in [6, 6.07) is 3.95. The molecule has 0 fully saturated rings. The van der Waals surface area contributed by atoms with Crippen LogP contribution in [0.1, 0.15) is 19.4 Å². The van der Waals surface area contributed by atoms with Crippen LogP contribution in [0.5, 0.6) is 0 Å². The monoisotopic (exact) mass is 466 g/mol. The van der Waals surface area contributed by atoms with E-state index in [1.54, 1.807) is 12.1 Å². The lowest BCUT2D eigenvalue weighted by atomic mass is 10.2. The molecule has 1 N–H and O–H groups in total. The van der Waals surface area contributed by atoms with Crippen molar-refractivity contribution in [3.63, 3.8) is 0 Å². The molecule has 4 aromatic rings. The summed E-state index contributed by atoms with van der Waals surface area (Å²) in [6.07, 6.45) is -2.44. The third-order valence-electron chi connectivity index (χ3n) is 4.84. The molecule has 4 heterocycles. The number of aromatic nitrogens is 5. The number of hydrogen-bond donors (Lipinski definition) is 1. The van der Waals surface area contributed by atoms with E-state index in [9.17, 15) is 26.4 Å². The van der Waals surface area contributed by atoms with Crippen LogP contribution < -0.4 is 5.32 Å². The third-order valence-corrected chi connectivity index (χ3v) is 6.58. The maximum Gasteiger partial charge on any atom is 0.417 e. The van der Waals surface area contributed by atoms with Gasteiger partial charge in [-0.25, -0.2) is 23.4 Å². The molecule has 168 valence electrons. The van der Waals surface area contributed by atoms with Crippen molar-refractivity contribution in [2.75, 3.05) is 11.1 Å². The van der Waals surface area contributed by atoms with Gasteiger partial charge in [0.15, 0.2) is 32.0 Å². The largest absolute Gasteiger partial charge is 0.417 e. The van der Waals surface area contributed by atoms with Crippen molar-refractivity contribution in [1.29, 1.82) is 0 Å². The number of amides is 1. The predicted octanol–water partition coefficient (Wildman–Crippen LogP) is 3.05. The van der Waals surface area contributed by atoms with Gasteiger partial charge in [-0.3, -0.25) is 9.20 Å². The lowest BCUT2D eigenvalue weighted by Gasteiger charge is -2.07. The van der Waals surface area contributed by atoms with Crippen molar-refractivity contribution in [2.45, 2.75) is 25.0 Å². The number of carbonyl (C=O) groups is 1. The SMILES string of the molecule is CCS(=O)(=O)c1c(-c2nc3cc(C(F)(F)F)cnc3n2C)nc2c(NC(C)=O)cccn12. The van der Waals surface area contributed by atoms with Crippen LogP contribution in [0, 0.1) is 0 Å². The fourth-order valence-electron chi connectivity index (χ4n) is 3.36. The molecule has 0 bridgehead atoms. The number of pyridine rings is 2. The Morgan fingerprint density at radius 1 is 1.22 bits per heavy atom. The molecule has 0 saturated heterocycles. The van der Waals surface area contributed by atoms with Gasteiger partial charge in [0.2, 0.25) is 5.91 Å². The summed E-state index contributed by atoms with van der Waals surface area (Å²) < 4.78 is 67.9. The Hall–Kier alpha value is -3.48. The highest BCUT2D eigenvalue weighted by atomic mass is 32.2. The summed E-state index contributed by atoms with van der Waals surface area (Å²) in [6.45, 7) is 2.76. The molecule has 0 aliphatic heterocycles. The zero-order chi connectivity index (χ0) is 23.4. The number of imidazole rings is 2. The van der Waals surface area contributed by atoms with Crippen molar-refractivity contribution in [3.05, 3.63) is 36.2 Å². The molecule has 9 nitrogen and oxygen atoms in total. The van der Waals surface area contributed by atoms with Gasteiger partial charge < -0.3 is 9.88 Å². The first kappa shape index (κ1) is 21.7. The second-order valence-corrected chi connectivity index (χ2v) is 9.22. The van der Waals surface area contributed by atoms with Crippen LogP contribution in [-0.4, -0.2) is 44.0 Å². The maximum absolute atomic E-state index is 13.1. The number of rotatable bonds is 4. The van der Waals surface area contributed by atoms with Gasteiger partial charge in [0.05, 0.1) is 17.0 Å². The van der Waals surface area contributed by atoms with E-state index < -0.39 is 21.6 Å². The molecule has 32 heavy (non-hydrogen) atoms. The van der Waals surface area contributed by atoms with Crippen LogP contribution in [0.4, 0.5) is 18.9 Å². The molecule has 13 heteroatoms. The van der Waals surface area contributed by atoms with Gasteiger partial charge in [-0.05, 0) is 18.2 Å².